The van der Waals surface area contributed by atoms with Crippen molar-refractivity contribution < 1.29 is 0 Å². The molecule has 0 spiro atoms. The molecular formula is C11H19N3S3. The van der Waals surface area contributed by atoms with Crippen LogP contribution in [0.2, 0.25) is 0 Å². The zero-order valence-electron chi connectivity index (χ0n) is 10.2. The van der Waals surface area contributed by atoms with Gasteiger partial charge in [-0.25, -0.2) is 4.98 Å². The Hall–Kier alpha value is 0.250. The van der Waals surface area contributed by atoms with Gasteiger partial charge in [0.1, 0.15) is 0 Å². The summed E-state index contributed by atoms with van der Waals surface area (Å²) in [6.07, 6.45) is 0.934. The minimum atomic E-state index is 0.323. The van der Waals surface area contributed by atoms with E-state index in [0.29, 0.717) is 16.5 Å². The van der Waals surface area contributed by atoms with Crippen LogP contribution in [0.5, 0.6) is 0 Å². The van der Waals surface area contributed by atoms with Gasteiger partial charge in [0.15, 0.2) is 0 Å². The van der Waals surface area contributed by atoms with Gasteiger partial charge in [0.05, 0.1) is 10.7 Å². The lowest BCUT2D eigenvalue weighted by Gasteiger charge is -2.33. The molecule has 1 aliphatic rings. The Morgan fingerprint density at radius 3 is 2.88 bits per heavy atom. The SMILES string of the molecule is Cc1nc(CC(NN)C2SCCSC2C)cs1. The van der Waals surface area contributed by atoms with E-state index in [1.807, 2.05) is 18.7 Å². The topological polar surface area (TPSA) is 50.9 Å². The first kappa shape index (κ1) is 13.7. The second-order valence-corrected chi connectivity index (χ2v) is 8.08. The molecule has 96 valence electrons. The molecule has 3 unspecified atom stereocenters. The number of nitrogens with two attached hydrogens (primary N) is 1. The van der Waals surface area contributed by atoms with Crippen molar-refractivity contribution in [3.63, 3.8) is 0 Å². The Bertz CT molecular complexity index is 355. The number of hydrogen-bond donors (Lipinski definition) is 2. The van der Waals surface area contributed by atoms with Crippen molar-refractivity contribution in [3.8, 4) is 0 Å². The summed E-state index contributed by atoms with van der Waals surface area (Å²) in [5.74, 6) is 8.21. The fourth-order valence-corrected chi connectivity index (χ4v) is 5.66. The monoisotopic (exact) mass is 289 g/mol. The molecule has 1 aromatic rings. The summed E-state index contributed by atoms with van der Waals surface area (Å²) in [5.41, 5.74) is 4.16. The fraction of sp³-hybridized carbons (Fsp3) is 0.727. The second-order valence-electron chi connectivity index (χ2n) is 4.25. The quantitative estimate of drug-likeness (QED) is 0.656. The van der Waals surface area contributed by atoms with E-state index in [9.17, 15) is 0 Å². The third kappa shape index (κ3) is 3.61. The fourth-order valence-electron chi connectivity index (χ4n) is 2.09. The van der Waals surface area contributed by atoms with Crippen molar-refractivity contribution >= 4 is 34.9 Å². The molecule has 1 fully saturated rings. The lowest BCUT2D eigenvalue weighted by molar-refractivity contribution is 0.497. The summed E-state index contributed by atoms with van der Waals surface area (Å²) in [6, 6.07) is 0.323. The van der Waals surface area contributed by atoms with E-state index in [-0.39, 0.29) is 0 Å². The Morgan fingerprint density at radius 1 is 1.53 bits per heavy atom. The molecule has 0 radical (unpaired) electrons. The van der Waals surface area contributed by atoms with Gasteiger partial charge in [0.25, 0.3) is 0 Å². The Balaban J connectivity index is 2.00. The van der Waals surface area contributed by atoms with Crippen LogP contribution < -0.4 is 11.3 Å². The molecule has 2 rings (SSSR count). The number of nitrogens with zero attached hydrogens (tertiary/aromatic N) is 1. The largest absolute Gasteiger partial charge is 0.271 e. The van der Waals surface area contributed by atoms with E-state index in [0.717, 1.165) is 11.4 Å². The second kappa shape index (κ2) is 6.43. The van der Waals surface area contributed by atoms with Gasteiger partial charge in [-0.3, -0.25) is 11.3 Å². The minimum absolute atomic E-state index is 0.323. The molecule has 3 atom stereocenters. The van der Waals surface area contributed by atoms with Crippen molar-refractivity contribution in [2.24, 2.45) is 5.84 Å². The predicted molar refractivity (Wildman–Crippen MR) is 79.8 cm³/mol. The maximum atomic E-state index is 5.72. The average Bonchev–Trinajstić information content (AvgIpc) is 2.73. The number of thiazole rings is 1. The number of rotatable bonds is 4. The van der Waals surface area contributed by atoms with Crippen molar-refractivity contribution in [1.82, 2.24) is 10.4 Å². The Kier molecular flexibility index (Phi) is 5.17. The van der Waals surface area contributed by atoms with E-state index in [2.05, 4.69) is 34.5 Å². The number of thioether (sulfide) groups is 2. The summed E-state index contributed by atoms with van der Waals surface area (Å²) >= 11 is 5.81. The normalized spacial score (nSPS) is 27.0. The molecule has 1 aliphatic heterocycles. The summed E-state index contributed by atoms with van der Waals surface area (Å²) in [7, 11) is 0. The molecule has 0 aromatic carbocycles. The third-order valence-electron chi connectivity index (χ3n) is 2.94. The van der Waals surface area contributed by atoms with Gasteiger partial charge in [-0.2, -0.15) is 23.5 Å². The molecule has 3 N–H and O–H groups in total. The van der Waals surface area contributed by atoms with Crippen LogP contribution in [0.3, 0.4) is 0 Å². The van der Waals surface area contributed by atoms with Crippen molar-refractivity contribution in [3.05, 3.63) is 16.1 Å². The predicted octanol–water partition coefficient (Wildman–Crippen LogP) is 2.06. The van der Waals surface area contributed by atoms with Crippen molar-refractivity contribution in [1.29, 1.82) is 0 Å². The molecule has 17 heavy (non-hydrogen) atoms. The molecule has 0 aliphatic carbocycles. The van der Waals surface area contributed by atoms with Crippen LogP contribution >= 0.6 is 34.9 Å². The van der Waals surface area contributed by atoms with Crippen LogP contribution in [0.15, 0.2) is 5.38 Å². The van der Waals surface area contributed by atoms with Crippen LogP contribution in [0.1, 0.15) is 17.6 Å². The van der Waals surface area contributed by atoms with Gasteiger partial charge >= 0.3 is 0 Å². The number of nitrogens with one attached hydrogen (secondary N) is 1. The van der Waals surface area contributed by atoms with Crippen LogP contribution in [0, 0.1) is 6.92 Å². The molecule has 1 saturated heterocycles. The molecule has 0 saturated carbocycles. The van der Waals surface area contributed by atoms with Crippen LogP contribution in [-0.2, 0) is 6.42 Å². The molecule has 1 aromatic heterocycles. The highest BCUT2D eigenvalue weighted by atomic mass is 32.2. The van der Waals surface area contributed by atoms with Gasteiger partial charge in [-0.1, -0.05) is 6.92 Å². The highest BCUT2D eigenvalue weighted by Crippen LogP contribution is 2.33. The highest BCUT2D eigenvalue weighted by molar-refractivity contribution is 8.07. The standard InChI is InChI=1S/C11H19N3S3/c1-7-11(16-4-3-15-7)10(14-12)5-9-6-17-8(2)13-9/h6-7,10-11,14H,3-5,12H2,1-2H3. The van der Waals surface area contributed by atoms with Crippen LogP contribution in [0.25, 0.3) is 0 Å². The molecule has 6 heteroatoms. The third-order valence-corrected chi connectivity index (χ3v) is 7.02. The Morgan fingerprint density at radius 2 is 2.29 bits per heavy atom. The molecule has 0 amide bonds. The zero-order valence-corrected chi connectivity index (χ0v) is 12.6. The van der Waals surface area contributed by atoms with Crippen LogP contribution in [-0.4, -0.2) is 33.0 Å². The maximum absolute atomic E-state index is 5.72. The number of aryl methyl sites for hydroxylation is 1. The van der Waals surface area contributed by atoms with Gasteiger partial charge in [-0.15, -0.1) is 11.3 Å². The number of aromatic nitrogens is 1. The maximum Gasteiger partial charge on any atom is 0.0897 e. The zero-order chi connectivity index (χ0) is 12.3. The number of hydrogen-bond acceptors (Lipinski definition) is 6. The molecule has 0 bridgehead atoms. The van der Waals surface area contributed by atoms with Crippen molar-refractivity contribution in [2.75, 3.05) is 11.5 Å². The van der Waals surface area contributed by atoms with Crippen molar-refractivity contribution in [2.45, 2.75) is 36.8 Å². The first-order valence-electron chi connectivity index (χ1n) is 5.81. The van der Waals surface area contributed by atoms with Crippen LogP contribution in [0.4, 0.5) is 0 Å². The van der Waals surface area contributed by atoms with Gasteiger partial charge in [0, 0.05) is 39.8 Å². The van der Waals surface area contributed by atoms with Gasteiger partial charge in [-0.05, 0) is 6.92 Å². The minimum Gasteiger partial charge on any atom is -0.271 e. The first-order valence-corrected chi connectivity index (χ1v) is 8.78. The highest BCUT2D eigenvalue weighted by Gasteiger charge is 2.30. The number of hydrazine groups is 1. The molecule has 3 nitrogen and oxygen atoms in total. The van der Waals surface area contributed by atoms with E-state index < -0.39 is 0 Å². The summed E-state index contributed by atoms with van der Waals surface area (Å²) < 4.78 is 0. The first-order chi connectivity index (χ1) is 8.20. The summed E-state index contributed by atoms with van der Waals surface area (Å²) in [4.78, 5) is 4.53. The van der Waals surface area contributed by atoms with E-state index in [1.165, 1.54) is 17.2 Å². The van der Waals surface area contributed by atoms with E-state index >= 15 is 0 Å². The van der Waals surface area contributed by atoms with E-state index in [1.54, 1.807) is 11.3 Å². The summed E-state index contributed by atoms with van der Waals surface area (Å²) in [5, 5.41) is 4.52. The molecule has 2 heterocycles. The average molecular weight is 289 g/mol. The van der Waals surface area contributed by atoms with Gasteiger partial charge in [0.2, 0.25) is 0 Å². The summed E-state index contributed by atoms with van der Waals surface area (Å²) in [6.45, 7) is 4.35. The lowest BCUT2D eigenvalue weighted by atomic mass is 10.1. The van der Waals surface area contributed by atoms with E-state index in [4.69, 9.17) is 5.84 Å². The van der Waals surface area contributed by atoms with Gasteiger partial charge < -0.3 is 0 Å². The molecular weight excluding hydrogens is 270 g/mol. The lowest BCUT2D eigenvalue weighted by Crippen LogP contribution is -2.48. The Labute approximate surface area is 115 Å². The smallest absolute Gasteiger partial charge is 0.0897 e.